The highest BCUT2D eigenvalue weighted by Crippen LogP contribution is 2.26. The Balaban J connectivity index is 1.18. The Kier molecular flexibility index (Phi) is 9.38. The number of likely N-dealkylation sites (tertiary alicyclic amines) is 1. The van der Waals surface area contributed by atoms with Gasteiger partial charge in [-0.05, 0) is 37.0 Å². The van der Waals surface area contributed by atoms with Crippen LogP contribution in [0.4, 0.5) is 11.6 Å². The molecule has 3 heterocycles. The van der Waals surface area contributed by atoms with Crippen molar-refractivity contribution in [2.45, 2.75) is 31.2 Å². The third-order valence-electron chi connectivity index (χ3n) is 6.64. The summed E-state index contributed by atoms with van der Waals surface area (Å²) in [6, 6.07) is 7.65. The maximum atomic E-state index is 12.8. The van der Waals surface area contributed by atoms with E-state index in [-0.39, 0.29) is 40.7 Å². The maximum absolute atomic E-state index is 12.8. The highest BCUT2D eigenvalue weighted by Gasteiger charge is 2.40. The minimum absolute atomic E-state index is 0.0506. The normalized spacial score (nSPS) is 16.1. The summed E-state index contributed by atoms with van der Waals surface area (Å²) >= 11 is 5.87. The van der Waals surface area contributed by atoms with E-state index < -0.39 is 5.91 Å². The largest absolute Gasteiger partial charge is 0.468 e. The van der Waals surface area contributed by atoms with Crippen LogP contribution in [0.2, 0.25) is 5.15 Å². The lowest BCUT2D eigenvalue weighted by atomic mass is 9.88. The number of guanidine groups is 1. The molecule has 1 aromatic heterocycles. The molecule has 0 radical (unpaired) electrons. The highest BCUT2D eigenvalue weighted by atomic mass is 35.5. The van der Waals surface area contributed by atoms with Crippen LogP contribution < -0.4 is 26.8 Å². The second kappa shape index (κ2) is 12.9. The van der Waals surface area contributed by atoms with Crippen molar-refractivity contribution in [1.29, 1.82) is 0 Å². The lowest BCUT2D eigenvalue weighted by Crippen LogP contribution is -2.57. The molecule has 4 rings (SSSR count). The molecule has 0 aliphatic carbocycles. The monoisotopic (exact) mass is 560 g/mol. The molecule has 2 aliphatic rings. The number of nitrogen functional groups attached to an aromatic ring is 2. The number of methoxy groups -OCH3 is 1. The van der Waals surface area contributed by atoms with Crippen molar-refractivity contribution in [3.05, 3.63) is 40.7 Å². The van der Waals surface area contributed by atoms with Gasteiger partial charge in [-0.15, -0.1) is 0 Å². The van der Waals surface area contributed by atoms with E-state index in [1.807, 2.05) is 29.2 Å². The molecule has 2 aliphatic heterocycles. The molecule has 0 bridgehead atoms. The first-order chi connectivity index (χ1) is 18.8. The summed E-state index contributed by atoms with van der Waals surface area (Å²) in [5.41, 5.74) is 11.9. The van der Waals surface area contributed by atoms with Crippen molar-refractivity contribution in [2.75, 3.05) is 58.2 Å². The average molecular weight is 561 g/mol. The molecule has 1 spiro atoms. The molecule has 2 aromatic rings. The van der Waals surface area contributed by atoms with Gasteiger partial charge in [-0.1, -0.05) is 23.7 Å². The van der Waals surface area contributed by atoms with Crippen molar-refractivity contribution in [2.24, 2.45) is 4.99 Å². The number of halogens is 1. The molecule has 14 heteroatoms. The molecule has 0 saturated carbocycles. The summed E-state index contributed by atoms with van der Waals surface area (Å²) in [4.78, 5) is 39.5. The topological polar surface area (TPSA) is 179 Å². The predicted octanol–water partition coefficient (Wildman–Crippen LogP) is 0.977. The average Bonchev–Trinajstić information content (AvgIpc) is 3.31. The lowest BCUT2D eigenvalue weighted by Gasteiger charge is -2.39. The molecule has 39 heavy (non-hydrogen) atoms. The summed E-state index contributed by atoms with van der Waals surface area (Å²) in [5, 5.41) is 5.87. The summed E-state index contributed by atoms with van der Waals surface area (Å²) in [5.74, 6) is 0.376. The molecule has 0 atom stereocenters. The number of carbonyl (C=O) groups is 2. The van der Waals surface area contributed by atoms with Crippen LogP contribution in [0.25, 0.3) is 0 Å². The van der Waals surface area contributed by atoms with Crippen LogP contribution in [0, 0.1) is 0 Å². The van der Waals surface area contributed by atoms with Crippen molar-refractivity contribution >= 4 is 41.0 Å². The van der Waals surface area contributed by atoms with Gasteiger partial charge in [0.2, 0.25) is 5.91 Å². The number of aliphatic imine (C=N–C) groups is 1. The lowest BCUT2D eigenvalue weighted by molar-refractivity contribution is -0.132. The van der Waals surface area contributed by atoms with E-state index in [0.717, 1.165) is 5.56 Å². The van der Waals surface area contributed by atoms with E-state index in [4.69, 9.17) is 37.3 Å². The van der Waals surface area contributed by atoms with E-state index in [2.05, 4.69) is 25.6 Å². The van der Waals surface area contributed by atoms with E-state index in [0.29, 0.717) is 70.2 Å². The third kappa shape index (κ3) is 7.46. The number of hydrogen-bond acceptors (Lipinski definition) is 11. The van der Waals surface area contributed by atoms with E-state index in [1.165, 1.54) is 0 Å². The molecular weight excluding hydrogens is 528 g/mol. The number of aromatic nitrogens is 2. The second-order valence-corrected chi connectivity index (χ2v) is 9.70. The number of nitrogens with one attached hydrogen (secondary N) is 2. The van der Waals surface area contributed by atoms with Gasteiger partial charge in [-0.2, -0.15) is 0 Å². The Morgan fingerprint density at radius 3 is 2.59 bits per heavy atom. The zero-order valence-corrected chi connectivity index (χ0v) is 22.5. The van der Waals surface area contributed by atoms with E-state index >= 15 is 0 Å². The van der Waals surface area contributed by atoms with Crippen LogP contribution in [-0.4, -0.2) is 84.9 Å². The minimum Gasteiger partial charge on any atom is -0.468 e. The van der Waals surface area contributed by atoms with Crippen LogP contribution in [0.15, 0.2) is 29.3 Å². The van der Waals surface area contributed by atoms with Crippen LogP contribution in [-0.2, 0) is 20.7 Å². The molecular formula is C25H33ClN8O5. The highest BCUT2D eigenvalue weighted by molar-refractivity contribution is 6.31. The zero-order valence-electron chi connectivity index (χ0n) is 21.7. The fourth-order valence-electron chi connectivity index (χ4n) is 4.35. The molecule has 1 saturated heterocycles. The fourth-order valence-corrected chi connectivity index (χ4v) is 4.47. The number of rotatable bonds is 10. The number of amides is 2. The number of anilines is 2. The van der Waals surface area contributed by atoms with Crippen molar-refractivity contribution in [3.63, 3.8) is 0 Å². The smallest absolute Gasteiger partial charge is 0.280 e. The number of ether oxygens (including phenoxy) is 3. The van der Waals surface area contributed by atoms with Gasteiger partial charge in [0.05, 0.1) is 25.3 Å². The van der Waals surface area contributed by atoms with Gasteiger partial charge >= 0.3 is 0 Å². The Morgan fingerprint density at radius 1 is 1.13 bits per heavy atom. The van der Waals surface area contributed by atoms with Gasteiger partial charge < -0.3 is 35.9 Å². The molecule has 1 fully saturated rings. The molecule has 210 valence electrons. The summed E-state index contributed by atoms with van der Waals surface area (Å²) in [6.07, 6.45) is 2.47. The number of carbonyl (C=O) groups excluding carboxylic acids is 2. The van der Waals surface area contributed by atoms with Crippen molar-refractivity contribution in [3.8, 4) is 5.75 Å². The number of hydrogen-bond donors (Lipinski definition) is 4. The maximum Gasteiger partial charge on any atom is 0.280 e. The van der Waals surface area contributed by atoms with Gasteiger partial charge in [0, 0.05) is 26.6 Å². The first-order valence-electron chi connectivity index (χ1n) is 12.6. The molecule has 1 aromatic carbocycles. The first kappa shape index (κ1) is 28.3. The Hall–Kier alpha value is -3.68. The van der Waals surface area contributed by atoms with Gasteiger partial charge in [0.15, 0.2) is 35.2 Å². The first-order valence-corrected chi connectivity index (χ1v) is 12.9. The summed E-state index contributed by atoms with van der Waals surface area (Å²) in [6.45, 7) is 2.84. The second-order valence-electron chi connectivity index (χ2n) is 9.35. The van der Waals surface area contributed by atoms with Crippen molar-refractivity contribution < 1.29 is 23.8 Å². The van der Waals surface area contributed by atoms with Crippen LogP contribution >= 0.6 is 11.6 Å². The molecule has 6 N–H and O–H groups in total. The van der Waals surface area contributed by atoms with E-state index in [1.54, 1.807) is 7.11 Å². The SMILES string of the molecule is COCCOCOc1ccc(CCC(=O)N2CCC3(CC2)CN=C(NC(=O)c2nc(Cl)c(N)nc2N)N3)cc1. The minimum atomic E-state index is -0.590. The molecule has 13 nitrogen and oxygen atoms in total. The van der Waals surface area contributed by atoms with Crippen molar-refractivity contribution in [1.82, 2.24) is 25.5 Å². The van der Waals surface area contributed by atoms with Crippen LogP contribution in [0.3, 0.4) is 0 Å². The molecule has 2 amide bonds. The number of aryl methyl sites for hydroxylation is 1. The fraction of sp³-hybridized carbons (Fsp3) is 0.480. The zero-order chi connectivity index (χ0) is 27.8. The van der Waals surface area contributed by atoms with Gasteiger partial charge in [-0.25, -0.2) is 9.97 Å². The summed E-state index contributed by atoms with van der Waals surface area (Å²) < 4.78 is 15.7. The number of nitrogens with zero attached hydrogens (tertiary/aromatic N) is 4. The standard InChI is InChI=1S/C25H33ClN8O5/c1-37-12-13-38-15-39-17-5-2-16(3-6-17)4-7-18(35)34-10-8-25(9-11-34)14-29-24(33-25)32-23(36)19-21(27)31-22(28)20(26)30-19/h2-3,5-6H,4,7-15H2,1H3,(H4,27,28,31)(H2,29,32,33,36). The Morgan fingerprint density at radius 2 is 1.87 bits per heavy atom. The Labute approximate surface area is 231 Å². The Bertz CT molecular complexity index is 1200. The van der Waals surface area contributed by atoms with Crippen LogP contribution in [0.1, 0.15) is 35.3 Å². The quantitative estimate of drug-likeness (QED) is 0.241. The predicted molar refractivity (Wildman–Crippen MR) is 145 cm³/mol. The number of nitrogens with two attached hydrogens (primary N) is 2. The third-order valence-corrected chi connectivity index (χ3v) is 6.92. The van der Waals surface area contributed by atoms with Gasteiger partial charge in [0.25, 0.3) is 5.91 Å². The number of benzene rings is 1. The number of piperidine rings is 1. The summed E-state index contributed by atoms with van der Waals surface area (Å²) in [7, 11) is 1.62. The van der Waals surface area contributed by atoms with Crippen LogP contribution in [0.5, 0.6) is 5.75 Å². The molecule has 0 unspecified atom stereocenters. The van der Waals surface area contributed by atoms with Gasteiger partial charge in [0.1, 0.15) is 5.75 Å². The van der Waals surface area contributed by atoms with E-state index in [9.17, 15) is 9.59 Å². The van der Waals surface area contributed by atoms with Gasteiger partial charge in [-0.3, -0.25) is 19.9 Å².